The molecule has 2 aromatic carbocycles. The van der Waals surface area contributed by atoms with Crippen LogP contribution in [0.5, 0.6) is 5.75 Å². The van der Waals surface area contributed by atoms with Crippen LogP contribution in [-0.4, -0.2) is 16.7 Å². The van der Waals surface area contributed by atoms with Crippen molar-refractivity contribution < 1.29 is 23.4 Å². The third kappa shape index (κ3) is 3.30. The normalized spacial score (nSPS) is 23.8. The van der Waals surface area contributed by atoms with Gasteiger partial charge in [-0.2, -0.15) is 0 Å². The molecule has 0 radical (unpaired) electrons. The quantitative estimate of drug-likeness (QED) is 0.687. The Balaban J connectivity index is 1.43. The number of carboxylic acids is 1. The summed E-state index contributed by atoms with van der Waals surface area (Å²) in [7, 11) is 0. The molecule has 0 saturated heterocycles. The Bertz CT molecular complexity index is 955. The molecule has 0 amide bonds. The first kappa shape index (κ1) is 18.6. The van der Waals surface area contributed by atoms with Crippen LogP contribution >= 0.6 is 0 Å². The third-order valence-electron chi connectivity index (χ3n) is 6.85. The Morgan fingerprint density at radius 2 is 1.90 bits per heavy atom. The molecule has 2 saturated carbocycles. The van der Waals surface area contributed by atoms with E-state index in [4.69, 9.17) is 9.84 Å². The van der Waals surface area contributed by atoms with Gasteiger partial charge in [0.05, 0.1) is 0 Å². The second-order valence-corrected chi connectivity index (χ2v) is 8.85. The molecule has 2 atom stereocenters. The number of para-hydroxylation sites is 1. The number of ether oxygens (including phenoxy) is 1. The van der Waals surface area contributed by atoms with Gasteiger partial charge < -0.3 is 9.84 Å². The minimum absolute atomic E-state index is 0.0394. The first-order valence-electron chi connectivity index (χ1n) is 10.5. The van der Waals surface area contributed by atoms with Gasteiger partial charge in [0.2, 0.25) is 0 Å². The Morgan fingerprint density at radius 3 is 2.59 bits per heavy atom. The highest BCUT2D eigenvalue weighted by Crippen LogP contribution is 2.53. The van der Waals surface area contributed by atoms with Crippen molar-refractivity contribution in [1.82, 2.24) is 0 Å². The summed E-state index contributed by atoms with van der Waals surface area (Å²) in [4.78, 5) is 10.7. The predicted molar refractivity (Wildman–Crippen MR) is 105 cm³/mol. The van der Waals surface area contributed by atoms with Crippen molar-refractivity contribution in [1.29, 1.82) is 0 Å². The number of rotatable bonds is 5. The van der Waals surface area contributed by atoms with Crippen LogP contribution in [0.1, 0.15) is 62.0 Å². The van der Waals surface area contributed by atoms with Gasteiger partial charge in [-0.3, -0.25) is 4.79 Å². The molecule has 5 rings (SSSR count). The molecule has 1 N–H and O–H groups in total. The highest BCUT2D eigenvalue weighted by molar-refractivity contribution is 5.74. The molecular formula is C24H24F2O3. The molecule has 2 aromatic rings. The third-order valence-corrected chi connectivity index (χ3v) is 6.85. The molecule has 152 valence electrons. The molecule has 3 aliphatic rings. The molecule has 1 spiro atoms. The first-order chi connectivity index (χ1) is 14.0. The number of fused-ring (bicyclic) bond motifs is 1. The van der Waals surface area contributed by atoms with Gasteiger partial charge in [-0.15, -0.1) is 0 Å². The van der Waals surface area contributed by atoms with Crippen molar-refractivity contribution in [2.24, 2.45) is 5.92 Å². The summed E-state index contributed by atoms with van der Waals surface area (Å²) < 4.78 is 36.2. The molecule has 2 aliphatic carbocycles. The lowest BCUT2D eigenvalue weighted by Gasteiger charge is -2.23. The van der Waals surface area contributed by atoms with E-state index in [-0.39, 0.29) is 29.4 Å². The van der Waals surface area contributed by atoms with Crippen LogP contribution in [-0.2, 0) is 11.2 Å². The zero-order valence-corrected chi connectivity index (χ0v) is 16.2. The van der Waals surface area contributed by atoms with Gasteiger partial charge in [-0.05, 0) is 73.6 Å². The summed E-state index contributed by atoms with van der Waals surface area (Å²) in [6.45, 7) is 0. The lowest BCUT2D eigenvalue weighted by molar-refractivity contribution is -0.137. The average Bonchev–Trinajstić information content (AvgIpc) is 3.11. The predicted octanol–water partition coefficient (Wildman–Crippen LogP) is 5.85. The second-order valence-electron chi connectivity index (χ2n) is 8.85. The fraction of sp³-hybridized carbons (Fsp3) is 0.458. The highest BCUT2D eigenvalue weighted by Gasteiger charge is 2.43. The van der Waals surface area contributed by atoms with Gasteiger partial charge in [0.15, 0.2) is 0 Å². The Hall–Kier alpha value is -2.43. The Labute approximate surface area is 168 Å². The van der Waals surface area contributed by atoms with E-state index >= 15 is 0 Å². The van der Waals surface area contributed by atoms with Gasteiger partial charge >= 0.3 is 5.97 Å². The van der Waals surface area contributed by atoms with Crippen LogP contribution in [0.4, 0.5) is 8.78 Å². The van der Waals surface area contributed by atoms with Crippen molar-refractivity contribution in [3.8, 4) is 16.9 Å². The van der Waals surface area contributed by atoms with E-state index in [2.05, 4.69) is 0 Å². The molecule has 1 heterocycles. The zero-order valence-electron chi connectivity index (χ0n) is 16.2. The van der Waals surface area contributed by atoms with E-state index in [1.807, 2.05) is 18.2 Å². The number of carbonyl (C=O) groups is 1. The highest BCUT2D eigenvalue weighted by atomic mass is 19.1. The van der Waals surface area contributed by atoms with Crippen molar-refractivity contribution >= 4 is 5.97 Å². The van der Waals surface area contributed by atoms with Crippen molar-refractivity contribution in [3.05, 3.63) is 53.1 Å². The second kappa shape index (κ2) is 6.82. The maximum absolute atomic E-state index is 14.9. The minimum atomic E-state index is -0.870. The number of benzene rings is 2. The first-order valence-corrected chi connectivity index (χ1v) is 10.5. The SMILES string of the molecule is O=C(O)CCC1CC1c1c(F)cc(-c2cccc3c2OC2(CCCC2)C3)cc1F. The number of hydrogen-bond donors (Lipinski definition) is 1. The topological polar surface area (TPSA) is 46.5 Å². The van der Waals surface area contributed by atoms with E-state index in [1.54, 1.807) is 0 Å². The van der Waals surface area contributed by atoms with Gasteiger partial charge in [0, 0.05) is 24.0 Å². The standard InChI is InChI=1S/C24H24F2O3/c25-19-11-16(12-20(26)22(19)18-10-14(18)6-7-21(27)28)17-5-3-4-15-13-24(29-23(15)17)8-1-2-9-24/h3-5,11-12,14,18H,1-2,6-10,13H2,(H,27,28). The van der Waals surface area contributed by atoms with Crippen molar-refractivity contribution in [2.75, 3.05) is 0 Å². The monoisotopic (exact) mass is 398 g/mol. The maximum atomic E-state index is 14.9. The molecule has 29 heavy (non-hydrogen) atoms. The van der Waals surface area contributed by atoms with Crippen molar-refractivity contribution in [3.63, 3.8) is 0 Å². The van der Waals surface area contributed by atoms with Crippen LogP contribution in [0.3, 0.4) is 0 Å². The molecule has 2 fully saturated rings. The molecule has 5 heteroatoms. The summed E-state index contributed by atoms with van der Waals surface area (Å²) in [6, 6.07) is 8.66. The van der Waals surface area contributed by atoms with Crippen LogP contribution in [0.15, 0.2) is 30.3 Å². The van der Waals surface area contributed by atoms with Crippen LogP contribution < -0.4 is 4.74 Å². The maximum Gasteiger partial charge on any atom is 0.303 e. The number of carboxylic acid groups (broad SMARTS) is 1. The van der Waals surface area contributed by atoms with Gasteiger partial charge in [0.25, 0.3) is 0 Å². The van der Waals surface area contributed by atoms with Gasteiger partial charge in [-0.25, -0.2) is 8.78 Å². The summed E-state index contributed by atoms with van der Waals surface area (Å²) in [5.41, 5.74) is 2.32. The summed E-state index contributed by atoms with van der Waals surface area (Å²) in [5.74, 6) is -1.37. The van der Waals surface area contributed by atoms with E-state index in [1.165, 1.54) is 12.1 Å². The summed E-state index contributed by atoms with van der Waals surface area (Å²) >= 11 is 0. The van der Waals surface area contributed by atoms with E-state index in [9.17, 15) is 13.6 Å². The zero-order chi connectivity index (χ0) is 20.2. The molecular weight excluding hydrogens is 374 g/mol. The van der Waals surface area contributed by atoms with Crippen LogP contribution in [0.2, 0.25) is 0 Å². The van der Waals surface area contributed by atoms with Gasteiger partial charge in [-0.1, -0.05) is 18.2 Å². The molecule has 2 unspecified atom stereocenters. The molecule has 1 aliphatic heterocycles. The Morgan fingerprint density at radius 1 is 1.17 bits per heavy atom. The molecule has 0 bridgehead atoms. The van der Waals surface area contributed by atoms with E-state index in [0.717, 1.165) is 49.0 Å². The number of aliphatic carboxylic acids is 1. The Kier molecular flexibility index (Phi) is 4.37. The van der Waals surface area contributed by atoms with Gasteiger partial charge in [0.1, 0.15) is 23.0 Å². The fourth-order valence-electron chi connectivity index (χ4n) is 5.29. The lowest BCUT2D eigenvalue weighted by Crippen LogP contribution is -2.30. The summed E-state index contributed by atoms with van der Waals surface area (Å²) in [5, 5.41) is 8.81. The van der Waals surface area contributed by atoms with Crippen LogP contribution in [0.25, 0.3) is 11.1 Å². The summed E-state index contributed by atoms with van der Waals surface area (Å²) in [6.07, 6.45) is 6.39. The largest absolute Gasteiger partial charge is 0.486 e. The molecule has 3 nitrogen and oxygen atoms in total. The minimum Gasteiger partial charge on any atom is -0.486 e. The lowest BCUT2D eigenvalue weighted by atomic mass is 9.94. The fourth-order valence-corrected chi connectivity index (χ4v) is 5.29. The van der Waals surface area contributed by atoms with E-state index in [0.29, 0.717) is 18.4 Å². The average molecular weight is 398 g/mol. The van der Waals surface area contributed by atoms with E-state index < -0.39 is 17.6 Å². The van der Waals surface area contributed by atoms with Crippen LogP contribution in [0, 0.1) is 17.6 Å². The molecule has 0 aromatic heterocycles. The van der Waals surface area contributed by atoms with Crippen molar-refractivity contribution in [2.45, 2.75) is 62.9 Å². The number of hydrogen-bond acceptors (Lipinski definition) is 2. The number of halogens is 2. The smallest absolute Gasteiger partial charge is 0.303 e.